The molecule has 0 aliphatic heterocycles. The third-order valence-corrected chi connectivity index (χ3v) is 4.63. The van der Waals surface area contributed by atoms with Crippen LogP contribution in [0.25, 0.3) is 16.8 Å². The highest BCUT2D eigenvalue weighted by atomic mass is 19.4. The molecule has 10 heteroatoms. The zero-order valence-corrected chi connectivity index (χ0v) is 15.7. The van der Waals surface area contributed by atoms with Crippen molar-refractivity contribution >= 4 is 5.65 Å². The van der Waals surface area contributed by atoms with E-state index in [4.69, 9.17) is 0 Å². The average molecular weight is 435 g/mol. The Labute approximate surface area is 171 Å². The summed E-state index contributed by atoms with van der Waals surface area (Å²) in [6, 6.07) is 12.0. The third-order valence-electron chi connectivity index (χ3n) is 4.63. The summed E-state index contributed by atoms with van der Waals surface area (Å²) in [5.74, 6) is -1.75. The van der Waals surface area contributed by atoms with Crippen LogP contribution >= 0.6 is 0 Å². The maximum Gasteiger partial charge on any atom is 0.573 e. The molecule has 5 nitrogen and oxygen atoms in total. The van der Waals surface area contributed by atoms with Crippen molar-refractivity contribution in [3.8, 4) is 16.9 Å². The molecule has 4 aromatic rings. The second-order valence-electron chi connectivity index (χ2n) is 6.67. The molecular formula is C21H14F5N3O2. The zero-order chi connectivity index (χ0) is 22.2. The van der Waals surface area contributed by atoms with Crippen LogP contribution in [0.3, 0.4) is 0 Å². The number of fused-ring (bicyclic) bond motifs is 1. The van der Waals surface area contributed by atoms with Gasteiger partial charge in [0.2, 0.25) is 0 Å². The molecule has 2 heterocycles. The molecular weight excluding hydrogens is 421 g/mol. The third kappa shape index (κ3) is 4.42. The van der Waals surface area contributed by atoms with Crippen molar-refractivity contribution in [2.75, 3.05) is 0 Å². The number of halogens is 5. The van der Waals surface area contributed by atoms with Gasteiger partial charge in [0.15, 0.2) is 5.65 Å². The summed E-state index contributed by atoms with van der Waals surface area (Å²) in [5.41, 5.74) is 0.802. The predicted octanol–water partition coefficient (Wildman–Crippen LogP) is 4.58. The quantitative estimate of drug-likeness (QED) is 0.431. The van der Waals surface area contributed by atoms with E-state index in [-0.39, 0.29) is 24.3 Å². The van der Waals surface area contributed by atoms with Gasteiger partial charge in [-0.3, -0.25) is 0 Å². The Kier molecular flexibility index (Phi) is 5.22. The molecule has 0 N–H and O–H groups in total. The van der Waals surface area contributed by atoms with Gasteiger partial charge in [-0.1, -0.05) is 18.2 Å². The van der Waals surface area contributed by atoms with Gasteiger partial charge in [-0.25, -0.2) is 22.7 Å². The number of nitrogens with zero attached hydrogens (tertiary/aromatic N) is 3. The van der Waals surface area contributed by atoms with E-state index in [1.807, 2.05) is 0 Å². The lowest BCUT2D eigenvalue weighted by Crippen LogP contribution is -2.22. The van der Waals surface area contributed by atoms with E-state index in [0.717, 1.165) is 16.8 Å². The molecule has 0 fully saturated rings. The number of benzene rings is 2. The van der Waals surface area contributed by atoms with E-state index in [1.54, 1.807) is 12.1 Å². The van der Waals surface area contributed by atoms with Gasteiger partial charge in [-0.2, -0.15) is 0 Å². The van der Waals surface area contributed by atoms with Crippen LogP contribution in [-0.2, 0) is 13.0 Å². The summed E-state index contributed by atoms with van der Waals surface area (Å²) in [7, 11) is 0. The molecule has 0 spiro atoms. The highest BCUT2D eigenvalue weighted by molar-refractivity contribution is 5.65. The fraction of sp³-hybridized carbons (Fsp3) is 0.143. The van der Waals surface area contributed by atoms with Crippen molar-refractivity contribution in [3.63, 3.8) is 0 Å². The van der Waals surface area contributed by atoms with Crippen molar-refractivity contribution < 1.29 is 26.7 Å². The molecule has 0 radical (unpaired) electrons. The van der Waals surface area contributed by atoms with Crippen molar-refractivity contribution in [2.24, 2.45) is 0 Å². The predicted molar refractivity (Wildman–Crippen MR) is 102 cm³/mol. The van der Waals surface area contributed by atoms with Crippen molar-refractivity contribution in [2.45, 2.75) is 19.3 Å². The molecule has 0 aliphatic rings. The average Bonchev–Trinajstić information content (AvgIpc) is 3.02. The Morgan fingerprint density at radius 2 is 1.55 bits per heavy atom. The normalized spacial score (nSPS) is 11.8. The highest BCUT2D eigenvalue weighted by Gasteiger charge is 2.31. The molecule has 0 amide bonds. The summed E-state index contributed by atoms with van der Waals surface area (Å²) in [6.07, 6.45) is -3.35. The molecule has 0 atom stereocenters. The van der Waals surface area contributed by atoms with Gasteiger partial charge < -0.3 is 4.74 Å². The first-order valence-electron chi connectivity index (χ1n) is 9.09. The fourth-order valence-electron chi connectivity index (χ4n) is 3.17. The lowest BCUT2D eigenvalue weighted by molar-refractivity contribution is -0.274. The lowest BCUT2D eigenvalue weighted by atomic mass is 10.1. The Morgan fingerprint density at radius 3 is 2.19 bits per heavy atom. The molecule has 160 valence electrons. The summed E-state index contributed by atoms with van der Waals surface area (Å²) in [5, 5.41) is 4.15. The molecule has 2 aromatic heterocycles. The first kappa shape index (κ1) is 20.6. The first-order valence-corrected chi connectivity index (χ1v) is 9.09. The number of ether oxygens (including phenoxy) is 1. The van der Waals surface area contributed by atoms with E-state index in [2.05, 4.69) is 9.84 Å². The fourth-order valence-corrected chi connectivity index (χ4v) is 3.17. The maximum absolute atomic E-state index is 13.8. The maximum atomic E-state index is 13.8. The summed E-state index contributed by atoms with van der Waals surface area (Å²) in [4.78, 5) is 12.6. The van der Waals surface area contributed by atoms with Gasteiger partial charge in [0.25, 0.3) is 0 Å². The number of hydrogen-bond donors (Lipinski definition) is 0. The minimum atomic E-state index is -4.78. The van der Waals surface area contributed by atoms with Crippen LogP contribution in [0.5, 0.6) is 5.75 Å². The minimum absolute atomic E-state index is 0.0306. The Bertz CT molecular complexity index is 1270. The van der Waals surface area contributed by atoms with Crippen molar-refractivity contribution in [3.05, 3.63) is 88.5 Å². The number of hydrogen-bond acceptors (Lipinski definition) is 3. The molecule has 0 saturated carbocycles. The van der Waals surface area contributed by atoms with E-state index in [1.165, 1.54) is 40.9 Å². The lowest BCUT2D eigenvalue weighted by Gasteiger charge is -2.09. The second kappa shape index (κ2) is 7.86. The molecule has 31 heavy (non-hydrogen) atoms. The van der Waals surface area contributed by atoms with Crippen LogP contribution in [0, 0.1) is 11.6 Å². The summed E-state index contributed by atoms with van der Waals surface area (Å²) >= 11 is 0. The van der Waals surface area contributed by atoms with Crippen LogP contribution in [-0.4, -0.2) is 20.5 Å². The van der Waals surface area contributed by atoms with Gasteiger partial charge in [0.1, 0.15) is 17.4 Å². The Balaban J connectivity index is 1.59. The summed E-state index contributed by atoms with van der Waals surface area (Å²) < 4.78 is 70.7. The van der Waals surface area contributed by atoms with Gasteiger partial charge >= 0.3 is 12.1 Å². The van der Waals surface area contributed by atoms with Crippen molar-refractivity contribution in [1.82, 2.24) is 14.2 Å². The van der Waals surface area contributed by atoms with Crippen molar-refractivity contribution in [1.29, 1.82) is 0 Å². The number of alkyl halides is 3. The largest absolute Gasteiger partial charge is 0.573 e. The van der Waals surface area contributed by atoms with Crippen LogP contribution in [0.2, 0.25) is 0 Å². The number of pyridine rings is 1. The number of aryl methyl sites for hydroxylation is 1. The van der Waals surface area contributed by atoms with Gasteiger partial charge in [0.05, 0.1) is 6.54 Å². The van der Waals surface area contributed by atoms with Gasteiger partial charge in [-0.05, 0) is 53.9 Å². The molecule has 0 aliphatic carbocycles. The van der Waals surface area contributed by atoms with E-state index >= 15 is 0 Å². The smallest absolute Gasteiger partial charge is 0.406 e. The minimum Gasteiger partial charge on any atom is -0.406 e. The molecule has 4 rings (SSSR count). The van der Waals surface area contributed by atoms with Gasteiger partial charge in [-0.15, -0.1) is 18.3 Å². The molecule has 0 saturated heterocycles. The van der Waals surface area contributed by atoms with E-state index in [0.29, 0.717) is 16.8 Å². The highest BCUT2D eigenvalue weighted by Crippen LogP contribution is 2.26. The SMILES string of the molecule is O=c1n(CCc2c(F)cccc2F)nc2ccc(-c3ccc(OC(F)(F)F)cc3)cn12. The number of rotatable bonds is 5. The van der Waals surface area contributed by atoms with Crippen LogP contribution in [0.1, 0.15) is 5.56 Å². The second-order valence-corrected chi connectivity index (χ2v) is 6.67. The standard InChI is InChI=1S/C21H14F5N3O2/c22-17-2-1-3-18(23)16(17)10-11-29-20(30)28-12-14(6-9-19(28)27-29)13-4-7-15(8-5-13)31-21(24,25)26/h1-9,12H,10-11H2. The van der Waals surface area contributed by atoms with E-state index in [9.17, 15) is 26.7 Å². The summed E-state index contributed by atoms with van der Waals surface area (Å²) in [6.45, 7) is -0.0306. The van der Waals surface area contributed by atoms with Crippen LogP contribution < -0.4 is 10.4 Å². The Morgan fingerprint density at radius 1 is 0.903 bits per heavy atom. The number of aromatic nitrogens is 3. The molecule has 0 bridgehead atoms. The van der Waals surface area contributed by atoms with Crippen LogP contribution in [0.15, 0.2) is 65.6 Å². The monoisotopic (exact) mass is 435 g/mol. The topological polar surface area (TPSA) is 48.5 Å². The first-order chi connectivity index (χ1) is 14.7. The Hall–Kier alpha value is -3.69. The zero-order valence-electron chi connectivity index (χ0n) is 15.7. The molecule has 0 unspecified atom stereocenters. The van der Waals surface area contributed by atoms with Gasteiger partial charge in [0, 0.05) is 11.8 Å². The van der Waals surface area contributed by atoms with E-state index < -0.39 is 23.7 Å². The van der Waals surface area contributed by atoms with Crippen LogP contribution in [0.4, 0.5) is 22.0 Å². The molecule has 2 aromatic carbocycles.